The van der Waals surface area contributed by atoms with Crippen molar-refractivity contribution in [3.8, 4) is 5.75 Å². The number of rotatable bonds is 5. The first-order valence-electron chi connectivity index (χ1n) is 7.43. The van der Waals surface area contributed by atoms with Crippen molar-refractivity contribution in [3.63, 3.8) is 0 Å². The minimum absolute atomic E-state index is 0.350. The van der Waals surface area contributed by atoms with Crippen LogP contribution in [0.5, 0.6) is 5.75 Å². The van der Waals surface area contributed by atoms with Crippen molar-refractivity contribution in [2.24, 2.45) is 0 Å². The van der Waals surface area contributed by atoms with Gasteiger partial charge in [0, 0.05) is 16.2 Å². The van der Waals surface area contributed by atoms with Crippen LogP contribution in [0.25, 0.3) is 0 Å². The fourth-order valence-corrected chi connectivity index (χ4v) is 4.35. The zero-order valence-corrected chi connectivity index (χ0v) is 13.3. The van der Waals surface area contributed by atoms with Gasteiger partial charge < -0.3 is 10.1 Å². The summed E-state index contributed by atoms with van der Waals surface area (Å²) in [5.74, 6) is 0.927. The van der Waals surface area contributed by atoms with Crippen LogP contribution in [0.2, 0.25) is 0 Å². The Morgan fingerprint density at radius 2 is 2.10 bits per heavy atom. The molecule has 2 unspecified atom stereocenters. The average Bonchev–Trinajstić information content (AvgIpc) is 2.96. The molecule has 1 aliphatic heterocycles. The maximum Gasteiger partial charge on any atom is 0.119 e. The molecule has 3 heteroatoms. The van der Waals surface area contributed by atoms with Gasteiger partial charge in [-0.2, -0.15) is 0 Å². The molecule has 1 N–H and O–H groups in total. The lowest BCUT2D eigenvalue weighted by Crippen LogP contribution is -2.30. The second kappa shape index (κ2) is 6.54. The van der Waals surface area contributed by atoms with E-state index in [2.05, 4.69) is 54.7 Å². The van der Waals surface area contributed by atoms with Crippen LogP contribution < -0.4 is 10.1 Å². The number of ether oxygens (including phenoxy) is 1. The van der Waals surface area contributed by atoms with E-state index in [9.17, 15) is 0 Å². The van der Waals surface area contributed by atoms with Gasteiger partial charge in [0.05, 0.1) is 7.11 Å². The van der Waals surface area contributed by atoms with E-state index in [1.165, 1.54) is 16.0 Å². The van der Waals surface area contributed by atoms with E-state index >= 15 is 0 Å². The second-order valence-corrected chi connectivity index (χ2v) is 6.56. The molecule has 1 heterocycles. The van der Waals surface area contributed by atoms with E-state index in [1.54, 1.807) is 7.11 Å². The molecule has 0 spiro atoms. The van der Waals surface area contributed by atoms with Gasteiger partial charge >= 0.3 is 0 Å². The Morgan fingerprint density at radius 3 is 2.86 bits per heavy atom. The van der Waals surface area contributed by atoms with Crippen molar-refractivity contribution in [2.45, 2.75) is 29.5 Å². The molecule has 3 rings (SSSR count). The number of benzene rings is 2. The van der Waals surface area contributed by atoms with Crippen molar-refractivity contribution >= 4 is 11.8 Å². The van der Waals surface area contributed by atoms with Gasteiger partial charge in [-0.25, -0.2) is 0 Å². The minimum Gasteiger partial charge on any atom is -0.497 e. The lowest BCUT2D eigenvalue weighted by atomic mass is 9.98. The summed E-state index contributed by atoms with van der Waals surface area (Å²) in [6.07, 6.45) is 1.12. The third-order valence-corrected chi connectivity index (χ3v) is 5.31. The number of nitrogens with one attached hydrogen (secondary N) is 1. The number of fused-ring (bicyclic) bond motifs is 1. The normalized spacial score (nSPS) is 18.3. The fourth-order valence-electron chi connectivity index (χ4n) is 2.91. The minimum atomic E-state index is 0.350. The van der Waals surface area contributed by atoms with Gasteiger partial charge in [0.25, 0.3) is 0 Å². The third-order valence-electron chi connectivity index (χ3n) is 3.92. The highest BCUT2D eigenvalue weighted by Crippen LogP contribution is 2.42. The highest BCUT2D eigenvalue weighted by molar-refractivity contribution is 8.00. The summed E-state index contributed by atoms with van der Waals surface area (Å²) in [7, 11) is 1.72. The largest absolute Gasteiger partial charge is 0.497 e. The van der Waals surface area contributed by atoms with Crippen LogP contribution in [0.1, 0.15) is 24.1 Å². The molecule has 0 saturated heterocycles. The van der Waals surface area contributed by atoms with E-state index < -0.39 is 0 Å². The van der Waals surface area contributed by atoms with Gasteiger partial charge in [-0.1, -0.05) is 37.3 Å². The Bertz CT molecular complexity index is 589. The summed E-state index contributed by atoms with van der Waals surface area (Å²) in [6, 6.07) is 17.5. The number of hydrogen-bond acceptors (Lipinski definition) is 3. The predicted molar refractivity (Wildman–Crippen MR) is 89.2 cm³/mol. The highest BCUT2D eigenvalue weighted by atomic mass is 32.2. The molecule has 21 heavy (non-hydrogen) atoms. The summed E-state index contributed by atoms with van der Waals surface area (Å²) in [5, 5.41) is 4.19. The Hall–Kier alpha value is -1.45. The molecule has 2 nitrogen and oxygen atoms in total. The quantitative estimate of drug-likeness (QED) is 0.899. The molecular weight excluding hydrogens is 278 g/mol. The molecule has 0 bridgehead atoms. The molecule has 0 aromatic heterocycles. The monoisotopic (exact) mass is 299 g/mol. The van der Waals surface area contributed by atoms with Crippen LogP contribution in [0.15, 0.2) is 53.4 Å². The summed E-state index contributed by atoms with van der Waals surface area (Å²) >= 11 is 1.99. The van der Waals surface area contributed by atoms with E-state index in [4.69, 9.17) is 4.74 Å². The van der Waals surface area contributed by atoms with E-state index in [1.807, 2.05) is 17.8 Å². The van der Waals surface area contributed by atoms with Crippen molar-refractivity contribution in [3.05, 3.63) is 59.7 Å². The van der Waals surface area contributed by atoms with E-state index in [0.717, 1.165) is 18.7 Å². The first-order chi connectivity index (χ1) is 10.3. The number of hydrogen-bond donors (Lipinski definition) is 1. The average molecular weight is 299 g/mol. The first kappa shape index (κ1) is 14.5. The van der Waals surface area contributed by atoms with Gasteiger partial charge in [-0.3, -0.25) is 0 Å². The summed E-state index contributed by atoms with van der Waals surface area (Å²) in [4.78, 5) is 1.42. The summed E-state index contributed by atoms with van der Waals surface area (Å²) in [6.45, 7) is 3.13. The second-order valence-electron chi connectivity index (χ2n) is 5.28. The summed E-state index contributed by atoms with van der Waals surface area (Å²) in [5.41, 5.74) is 2.78. The molecule has 1 aliphatic rings. The van der Waals surface area contributed by atoms with E-state index in [0.29, 0.717) is 11.3 Å². The van der Waals surface area contributed by atoms with Gasteiger partial charge in [0.2, 0.25) is 0 Å². The molecule has 110 valence electrons. The fraction of sp³-hybridized carbons (Fsp3) is 0.333. The van der Waals surface area contributed by atoms with Crippen molar-refractivity contribution < 1.29 is 4.74 Å². The molecule has 0 fully saturated rings. The Balaban J connectivity index is 1.85. The maximum absolute atomic E-state index is 5.37. The Kier molecular flexibility index (Phi) is 4.51. The molecule has 0 amide bonds. The van der Waals surface area contributed by atoms with Gasteiger partial charge in [0.1, 0.15) is 5.75 Å². The topological polar surface area (TPSA) is 21.3 Å². The lowest BCUT2D eigenvalue weighted by molar-refractivity contribution is 0.412. The third kappa shape index (κ3) is 3.09. The predicted octanol–water partition coefficient (Wildman–Crippen LogP) is 4.06. The van der Waals surface area contributed by atoms with Gasteiger partial charge in [0.15, 0.2) is 0 Å². The molecular formula is C18H21NOS. The Morgan fingerprint density at radius 1 is 1.24 bits per heavy atom. The smallest absolute Gasteiger partial charge is 0.119 e. The van der Waals surface area contributed by atoms with Crippen LogP contribution in [0.3, 0.4) is 0 Å². The maximum atomic E-state index is 5.37. The van der Waals surface area contributed by atoms with Crippen LogP contribution in [-0.4, -0.2) is 18.9 Å². The SMILES string of the molecule is CCNC(c1cccc(OC)c1)C1Cc2ccccc2S1. The van der Waals surface area contributed by atoms with Crippen LogP contribution in [0, 0.1) is 0 Å². The number of methoxy groups -OCH3 is 1. The zero-order valence-electron chi connectivity index (χ0n) is 12.5. The molecule has 2 atom stereocenters. The molecule has 2 aromatic rings. The van der Waals surface area contributed by atoms with Crippen molar-refractivity contribution in [2.75, 3.05) is 13.7 Å². The highest BCUT2D eigenvalue weighted by Gasteiger charge is 2.30. The zero-order chi connectivity index (χ0) is 14.7. The first-order valence-corrected chi connectivity index (χ1v) is 8.31. The lowest BCUT2D eigenvalue weighted by Gasteiger charge is -2.24. The van der Waals surface area contributed by atoms with Gasteiger partial charge in [-0.05, 0) is 42.3 Å². The molecule has 0 radical (unpaired) electrons. The molecule has 0 aliphatic carbocycles. The van der Waals surface area contributed by atoms with Crippen LogP contribution >= 0.6 is 11.8 Å². The molecule has 2 aromatic carbocycles. The molecule has 0 saturated carbocycles. The van der Waals surface area contributed by atoms with Crippen LogP contribution in [-0.2, 0) is 6.42 Å². The van der Waals surface area contributed by atoms with Crippen LogP contribution in [0.4, 0.5) is 0 Å². The summed E-state index contributed by atoms with van der Waals surface area (Å²) < 4.78 is 5.37. The van der Waals surface area contributed by atoms with Crippen molar-refractivity contribution in [1.29, 1.82) is 0 Å². The van der Waals surface area contributed by atoms with Crippen molar-refractivity contribution in [1.82, 2.24) is 5.32 Å². The Labute approximate surface area is 130 Å². The van der Waals surface area contributed by atoms with Gasteiger partial charge in [-0.15, -0.1) is 11.8 Å². The number of thioether (sulfide) groups is 1. The standard InChI is InChI=1S/C18H21NOS/c1-3-19-18(14-8-6-9-15(11-14)20-2)17-12-13-7-4-5-10-16(13)21-17/h4-11,17-19H,3,12H2,1-2H3. The van der Waals surface area contributed by atoms with E-state index in [-0.39, 0.29) is 0 Å².